The average molecular weight is 450 g/mol. The largest absolute Gasteiger partial charge is 0.547 e. The molecule has 2 aromatic rings. The zero-order valence-electron chi connectivity index (χ0n) is 18.6. The van der Waals surface area contributed by atoms with E-state index in [4.69, 9.17) is 5.73 Å². The highest BCUT2D eigenvalue weighted by atomic mass is 16.4. The summed E-state index contributed by atoms with van der Waals surface area (Å²) in [5.41, 5.74) is 0.502. The van der Waals surface area contributed by atoms with Crippen molar-refractivity contribution in [2.45, 2.75) is 71.0 Å². The molecule has 0 fully saturated rings. The molecule has 0 aliphatic carbocycles. The van der Waals surface area contributed by atoms with Crippen molar-refractivity contribution in [3.8, 4) is 0 Å². The molecule has 1 aliphatic heterocycles. The number of carboxylic acid groups (broad SMARTS) is 1. The number of rotatable bonds is 5. The summed E-state index contributed by atoms with van der Waals surface area (Å²) in [4.78, 5) is 38.3. The summed E-state index contributed by atoms with van der Waals surface area (Å²) in [5.74, 6) is -1.18. The number of aliphatic carboxylic acids is 1. The van der Waals surface area contributed by atoms with E-state index in [9.17, 15) is 29.7 Å². The minimum Gasteiger partial charge on any atom is -0.547 e. The van der Waals surface area contributed by atoms with Gasteiger partial charge in [-0.05, 0) is 25.8 Å². The fourth-order valence-corrected chi connectivity index (χ4v) is 3.50. The van der Waals surface area contributed by atoms with Crippen LogP contribution in [-0.4, -0.2) is 41.9 Å². The molecule has 0 saturated heterocycles. The standard InChI is InChI=1S/C13H19N3O5.C7H11N3O/c1-4-6-15-7-5-8-14-12(2,10(18)19)9(17)13(3,21)16(8)11(15)20;1-2-4-10-5-3-6(8)9-7(10)11/h5,7,9,17,21H,4,6H2,1-3H3,(H,18,19);3,5H,2,4H2,1H3,(H2,8,9,11). The average Bonchev–Trinajstić information content (AvgIpc) is 2.71. The Hall–Kier alpha value is -3.25. The van der Waals surface area contributed by atoms with Crippen LogP contribution >= 0.6 is 0 Å². The second kappa shape index (κ2) is 9.49. The van der Waals surface area contributed by atoms with Crippen LogP contribution in [0.3, 0.4) is 0 Å². The van der Waals surface area contributed by atoms with Gasteiger partial charge in [-0.1, -0.05) is 13.8 Å². The number of anilines is 2. The lowest BCUT2D eigenvalue weighted by Crippen LogP contribution is -2.72. The first kappa shape index (κ1) is 25.0. The molecule has 3 atom stereocenters. The molecule has 0 amide bonds. The van der Waals surface area contributed by atoms with Crippen LogP contribution in [0.2, 0.25) is 0 Å². The third-order valence-corrected chi connectivity index (χ3v) is 5.24. The predicted molar refractivity (Wildman–Crippen MR) is 113 cm³/mol. The molecule has 5 N–H and O–H groups in total. The maximum absolute atomic E-state index is 12.4. The lowest BCUT2D eigenvalue weighted by atomic mass is 9.85. The summed E-state index contributed by atoms with van der Waals surface area (Å²) in [7, 11) is 0. The minimum atomic E-state index is -2.08. The van der Waals surface area contributed by atoms with Crippen LogP contribution in [0.4, 0.5) is 11.6 Å². The molecule has 0 saturated carbocycles. The number of carbonyl (C=O) groups excluding carboxylic acids is 1. The van der Waals surface area contributed by atoms with Crippen molar-refractivity contribution in [3.63, 3.8) is 0 Å². The molecule has 0 bridgehead atoms. The number of aliphatic hydroxyl groups excluding tert-OH is 1. The number of aromatic nitrogens is 4. The summed E-state index contributed by atoms with van der Waals surface area (Å²) >= 11 is 0. The quantitative estimate of drug-likeness (QED) is 0.366. The van der Waals surface area contributed by atoms with Crippen LogP contribution in [0.25, 0.3) is 0 Å². The zero-order chi connectivity index (χ0) is 24.3. The van der Waals surface area contributed by atoms with E-state index in [-0.39, 0.29) is 17.3 Å². The van der Waals surface area contributed by atoms with Crippen molar-refractivity contribution in [2.75, 3.05) is 11.1 Å². The number of nitrogens with zero attached hydrogens (tertiary/aromatic N) is 4. The molecule has 3 heterocycles. The normalized spacial score (nSPS) is 24.0. The van der Waals surface area contributed by atoms with Gasteiger partial charge in [-0.2, -0.15) is 14.3 Å². The van der Waals surface area contributed by atoms with Crippen LogP contribution in [0.1, 0.15) is 40.5 Å². The van der Waals surface area contributed by atoms with Gasteiger partial charge in [0.15, 0.2) is 6.10 Å². The molecule has 3 unspecified atom stereocenters. The number of aliphatic hydroxyl groups is 2. The minimum absolute atomic E-state index is 0.106. The second-order valence-corrected chi connectivity index (χ2v) is 7.95. The highest BCUT2D eigenvalue weighted by Crippen LogP contribution is 2.34. The van der Waals surface area contributed by atoms with Crippen molar-refractivity contribution in [3.05, 3.63) is 45.5 Å². The van der Waals surface area contributed by atoms with Crippen molar-refractivity contribution in [2.24, 2.45) is 0 Å². The molecular weight excluding hydrogens is 420 g/mol. The van der Waals surface area contributed by atoms with E-state index in [1.807, 2.05) is 13.8 Å². The highest BCUT2D eigenvalue weighted by molar-refractivity contribution is 5.82. The first-order valence-corrected chi connectivity index (χ1v) is 10.3. The van der Waals surface area contributed by atoms with Gasteiger partial charge < -0.3 is 31.2 Å². The first-order chi connectivity index (χ1) is 14.9. The lowest BCUT2D eigenvalue weighted by Gasteiger charge is -2.45. The maximum atomic E-state index is 12.4. The zero-order valence-corrected chi connectivity index (χ0v) is 18.6. The van der Waals surface area contributed by atoms with E-state index < -0.39 is 29.0 Å². The van der Waals surface area contributed by atoms with E-state index in [0.29, 0.717) is 19.5 Å². The maximum Gasteiger partial charge on any atom is 0.502 e. The van der Waals surface area contributed by atoms with Gasteiger partial charge in [-0.15, -0.1) is 4.57 Å². The number of nitrogen functional groups attached to an aromatic ring is 1. The summed E-state index contributed by atoms with van der Waals surface area (Å²) in [6.07, 6.45) is 3.04. The van der Waals surface area contributed by atoms with E-state index in [1.165, 1.54) is 35.2 Å². The molecule has 176 valence electrons. The Morgan fingerprint density at radius 2 is 1.97 bits per heavy atom. The van der Waals surface area contributed by atoms with Crippen molar-refractivity contribution in [1.82, 2.24) is 14.1 Å². The Kier molecular flexibility index (Phi) is 7.42. The van der Waals surface area contributed by atoms with Crippen LogP contribution in [0.5, 0.6) is 0 Å². The predicted octanol–water partition coefficient (Wildman–Crippen LogP) is -2.26. The molecule has 12 nitrogen and oxygen atoms in total. The summed E-state index contributed by atoms with van der Waals surface area (Å²) < 4.78 is 3.88. The molecular formula is C20H30N6O6. The van der Waals surface area contributed by atoms with Crippen LogP contribution < -0.4 is 32.1 Å². The van der Waals surface area contributed by atoms with Crippen LogP contribution in [-0.2, 0) is 23.6 Å². The van der Waals surface area contributed by atoms with E-state index in [2.05, 4.69) is 10.3 Å². The number of aryl methyl sites for hydroxylation is 2. The van der Waals surface area contributed by atoms with Gasteiger partial charge in [0.05, 0.1) is 18.7 Å². The van der Waals surface area contributed by atoms with Crippen LogP contribution in [0, 0.1) is 0 Å². The Balaban J connectivity index is 0.000000278. The van der Waals surface area contributed by atoms with Crippen LogP contribution in [0.15, 0.2) is 34.1 Å². The third kappa shape index (κ3) is 4.65. The Bertz CT molecular complexity index is 1090. The molecule has 1 aliphatic rings. The number of carboxylic acids is 1. The van der Waals surface area contributed by atoms with E-state index >= 15 is 0 Å². The summed E-state index contributed by atoms with van der Waals surface area (Å²) in [5, 5.41) is 34.6. The smallest absolute Gasteiger partial charge is 0.502 e. The van der Waals surface area contributed by atoms with Gasteiger partial charge in [0.25, 0.3) is 0 Å². The van der Waals surface area contributed by atoms with Crippen molar-refractivity contribution < 1.29 is 24.7 Å². The SMILES string of the molecule is CCC[n+]1ccc2n(c1=O)C(C)(O)C(O)C(C)(C(=O)[O-])N2.CCCn1ccc(N)nc1=O. The molecule has 0 spiro atoms. The monoisotopic (exact) mass is 450 g/mol. The number of fused-ring (bicyclic) bond motifs is 1. The van der Waals surface area contributed by atoms with Gasteiger partial charge in [-0.25, -0.2) is 4.79 Å². The third-order valence-electron chi connectivity index (χ3n) is 5.24. The van der Waals surface area contributed by atoms with Gasteiger partial charge >= 0.3 is 11.4 Å². The van der Waals surface area contributed by atoms with Gasteiger partial charge in [0.2, 0.25) is 11.5 Å². The lowest BCUT2D eigenvalue weighted by molar-refractivity contribution is -0.716. The topological polar surface area (TPSA) is 179 Å². The van der Waals surface area contributed by atoms with Gasteiger partial charge in [0.1, 0.15) is 11.4 Å². The number of hydrogen-bond acceptors (Lipinski definition) is 9. The number of nitrogens with one attached hydrogen (secondary N) is 1. The Morgan fingerprint density at radius 1 is 1.31 bits per heavy atom. The highest BCUT2D eigenvalue weighted by Gasteiger charge is 2.56. The number of nitrogens with two attached hydrogens (primary N) is 1. The fraction of sp³-hybridized carbons (Fsp3) is 0.550. The Labute approximate surface area is 184 Å². The fourth-order valence-electron chi connectivity index (χ4n) is 3.50. The molecule has 0 radical (unpaired) electrons. The molecule has 3 rings (SSSR count). The second-order valence-electron chi connectivity index (χ2n) is 7.95. The van der Waals surface area contributed by atoms with E-state index in [1.54, 1.807) is 12.3 Å². The Morgan fingerprint density at radius 3 is 2.50 bits per heavy atom. The molecule has 32 heavy (non-hydrogen) atoms. The molecule has 0 aromatic carbocycles. The van der Waals surface area contributed by atoms with Crippen molar-refractivity contribution >= 4 is 17.6 Å². The molecule has 12 heteroatoms. The number of hydrogen-bond donors (Lipinski definition) is 4. The van der Waals surface area contributed by atoms with Gasteiger partial charge in [-0.3, -0.25) is 4.57 Å². The summed E-state index contributed by atoms with van der Waals surface area (Å²) in [6.45, 7) is 7.44. The molecule has 2 aromatic heterocycles. The van der Waals surface area contributed by atoms with Gasteiger partial charge in [0, 0.05) is 25.7 Å². The number of carbonyl (C=O) groups is 1. The summed E-state index contributed by atoms with van der Waals surface area (Å²) in [6, 6.07) is 3.11. The van der Waals surface area contributed by atoms with Crippen molar-refractivity contribution in [1.29, 1.82) is 0 Å². The first-order valence-electron chi connectivity index (χ1n) is 10.3. The van der Waals surface area contributed by atoms with E-state index in [0.717, 1.165) is 11.0 Å².